The first-order valence-corrected chi connectivity index (χ1v) is 4.75. The van der Waals surface area contributed by atoms with Crippen molar-refractivity contribution in [3.63, 3.8) is 0 Å². The average Bonchev–Trinajstić information content (AvgIpc) is 2.03. The lowest BCUT2D eigenvalue weighted by molar-refractivity contribution is 0.618. The van der Waals surface area contributed by atoms with Gasteiger partial charge in [0.15, 0.2) is 0 Å². The lowest BCUT2D eigenvalue weighted by atomic mass is 10.1. The van der Waals surface area contributed by atoms with Crippen LogP contribution in [0.4, 0.5) is 4.39 Å². The molecule has 0 aromatic heterocycles. The first-order valence-electron chi connectivity index (χ1n) is 3.96. The van der Waals surface area contributed by atoms with Crippen molar-refractivity contribution in [2.24, 2.45) is 5.73 Å². The molecule has 0 fully saturated rings. The Morgan fingerprint density at radius 3 is 2.77 bits per heavy atom. The molecule has 1 aromatic rings. The highest BCUT2D eigenvalue weighted by atomic mass is 79.9. The fourth-order valence-electron chi connectivity index (χ4n) is 1.10. The van der Waals surface area contributed by atoms with Crippen molar-refractivity contribution in [1.29, 1.82) is 0 Å². The summed E-state index contributed by atoms with van der Waals surface area (Å²) in [5.41, 5.74) is 6.57. The molecule has 0 heterocycles. The Kier molecular flexibility index (Phi) is 3.63. The van der Waals surface area contributed by atoms with Gasteiger partial charge in [0.05, 0.1) is 0 Å². The molecular weight excluding hydrogens is 233 g/mol. The molecule has 0 radical (unpaired) electrons. The number of hydrogen-bond donors (Lipinski definition) is 1. The van der Waals surface area contributed by atoms with Gasteiger partial charge in [-0.15, -0.1) is 6.58 Å². The first kappa shape index (κ1) is 10.4. The standard InChI is InChI=1S/C10H11BrFN/c1-2-3-10(13)7-4-8(11)6-9(12)5-7/h2,4-6,10H,1,3,13H2. The lowest BCUT2D eigenvalue weighted by Crippen LogP contribution is -2.09. The Morgan fingerprint density at radius 1 is 1.54 bits per heavy atom. The number of hydrogen-bond acceptors (Lipinski definition) is 1. The second kappa shape index (κ2) is 4.53. The van der Waals surface area contributed by atoms with Crippen molar-refractivity contribution >= 4 is 15.9 Å². The van der Waals surface area contributed by atoms with E-state index in [1.807, 2.05) is 6.07 Å². The van der Waals surface area contributed by atoms with Crippen molar-refractivity contribution in [2.75, 3.05) is 0 Å². The Balaban J connectivity index is 2.93. The predicted octanol–water partition coefficient (Wildman–Crippen LogP) is 3.16. The quantitative estimate of drug-likeness (QED) is 0.812. The van der Waals surface area contributed by atoms with E-state index in [9.17, 15) is 4.39 Å². The van der Waals surface area contributed by atoms with Gasteiger partial charge in [-0.05, 0) is 30.2 Å². The largest absolute Gasteiger partial charge is 0.324 e. The van der Waals surface area contributed by atoms with E-state index in [2.05, 4.69) is 22.5 Å². The molecule has 13 heavy (non-hydrogen) atoms. The molecule has 0 amide bonds. The molecule has 70 valence electrons. The number of benzene rings is 1. The van der Waals surface area contributed by atoms with E-state index in [1.54, 1.807) is 6.08 Å². The third-order valence-corrected chi connectivity index (χ3v) is 2.19. The van der Waals surface area contributed by atoms with Gasteiger partial charge in [-0.3, -0.25) is 0 Å². The van der Waals surface area contributed by atoms with E-state index in [0.29, 0.717) is 10.9 Å². The van der Waals surface area contributed by atoms with Gasteiger partial charge in [0.2, 0.25) is 0 Å². The zero-order valence-electron chi connectivity index (χ0n) is 7.13. The molecule has 2 N–H and O–H groups in total. The minimum Gasteiger partial charge on any atom is -0.324 e. The number of halogens is 2. The smallest absolute Gasteiger partial charge is 0.124 e. The van der Waals surface area contributed by atoms with Crippen molar-refractivity contribution in [3.8, 4) is 0 Å². The minimum absolute atomic E-state index is 0.176. The molecule has 1 aromatic carbocycles. The van der Waals surface area contributed by atoms with Gasteiger partial charge in [0.1, 0.15) is 5.82 Å². The second-order valence-corrected chi connectivity index (χ2v) is 3.75. The lowest BCUT2D eigenvalue weighted by Gasteiger charge is -2.09. The molecule has 0 saturated carbocycles. The molecule has 1 nitrogen and oxygen atoms in total. The highest BCUT2D eigenvalue weighted by Crippen LogP contribution is 2.20. The molecule has 0 bridgehead atoms. The molecule has 0 aliphatic rings. The molecule has 1 unspecified atom stereocenters. The summed E-state index contributed by atoms with van der Waals surface area (Å²) >= 11 is 3.21. The summed E-state index contributed by atoms with van der Waals surface area (Å²) in [5, 5.41) is 0. The fraction of sp³-hybridized carbons (Fsp3) is 0.200. The van der Waals surface area contributed by atoms with E-state index in [1.165, 1.54) is 12.1 Å². The molecule has 0 aliphatic heterocycles. The Hall–Kier alpha value is -0.670. The van der Waals surface area contributed by atoms with Crippen molar-refractivity contribution < 1.29 is 4.39 Å². The first-order chi connectivity index (χ1) is 6.13. The molecule has 0 aliphatic carbocycles. The molecule has 1 rings (SSSR count). The van der Waals surface area contributed by atoms with Crippen LogP contribution in [0.1, 0.15) is 18.0 Å². The van der Waals surface area contributed by atoms with Crippen LogP contribution in [0.15, 0.2) is 35.3 Å². The van der Waals surface area contributed by atoms with Gasteiger partial charge in [-0.25, -0.2) is 4.39 Å². The predicted molar refractivity (Wildman–Crippen MR) is 55.8 cm³/mol. The maximum Gasteiger partial charge on any atom is 0.124 e. The van der Waals surface area contributed by atoms with Gasteiger partial charge in [0.25, 0.3) is 0 Å². The monoisotopic (exact) mass is 243 g/mol. The van der Waals surface area contributed by atoms with Crippen molar-refractivity contribution in [3.05, 3.63) is 46.7 Å². The van der Waals surface area contributed by atoms with Crippen LogP contribution in [0, 0.1) is 5.82 Å². The fourth-order valence-corrected chi connectivity index (χ4v) is 1.59. The summed E-state index contributed by atoms with van der Waals surface area (Å²) in [6.45, 7) is 3.59. The zero-order chi connectivity index (χ0) is 9.84. The third kappa shape index (κ3) is 2.94. The maximum absolute atomic E-state index is 12.9. The molecule has 1 atom stereocenters. The van der Waals surface area contributed by atoms with Gasteiger partial charge >= 0.3 is 0 Å². The summed E-state index contributed by atoms with van der Waals surface area (Å²) in [4.78, 5) is 0. The van der Waals surface area contributed by atoms with Crippen LogP contribution in [0.3, 0.4) is 0 Å². The molecule has 0 saturated heterocycles. The topological polar surface area (TPSA) is 26.0 Å². The van der Waals surface area contributed by atoms with Crippen molar-refractivity contribution in [2.45, 2.75) is 12.5 Å². The maximum atomic E-state index is 12.9. The van der Waals surface area contributed by atoms with Crippen molar-refractivity contribution in [1.82, 2.24) is 0 Å². The Labute approximate surface area is 85.6 Å². The van der Waals surface area contributed by atoms with E-state index < -0.39 is 0 Å². The highest BCUT2D eigenvalue weighted by Gasteiger charge is 2.06. The van der Waals surface area contributed by atoms with Crippen LogP contribution in [-0.4, -0.2) is 0 Å². The van der Waals surface area contributed by atoms with Crippen LogP contribution in [0.5, 0.6) is 0 Å². The normalized spacial score (nSPS) is 12.5. The van der Waals surface area contributed by atoms with E-state index >= 15 is 0 Å². The van der Waals surface area contributed by atoms with E-state index in [4.69, 9.17) is 5.73 Å². The van der Waals surface area contributed by atoms with Crippen LogP contribution in [0.2, 0.25) is 0 Å². The Morgan fingerprint density at radius 2 is 2.23 bits per heavy atom. The SMILES string of the molecule is C=CCC(N)c1cc(F)cc(Br)c1. The van der Waals surface area contributed by atoms with Gasteiger partial charge in [-0.1, -0.05) is 22.0 Å². The number of rotatable bonds is 3. The average molecular weight is 244 g/mol. The summed E-state index contributed by atoms with van der Waals surface area (Å²) < 4.78 is 13.6. The van der Waals surface area contributed by atoms with Crippen LogP contribution in [0.25, 0.3) is 0 Å². The molecule has 3 heteroatoms. The van der Waals surface area contributed by atoms with Gasteiger partial charge in [-0.2, -0.15) is 0 Å². The second-order valence-electron chi connectivity index (χ2n) is 2.83. The summed E-state index contributed by atoms with van der Waals surface area (Å²) in [6, 6.07) is 4.49. The Bertz CT molecular complexity index is 292. The summed E-state index contributed by atoms with van der Waals surface area (Å²) in [5.74, 6) is -0.274. The van der Waals surface area contributed by atoms with Gasteiger partial charge < -0.3 is 5.73 Å². The highest BCUT2D eigenvalue weighted by molar-refractivity contribution is 9.10. The zero-order valence-corrected chi connectivity index (χ0v) is 8.72. The van der Waals surface area contributed by atoms with E-state index in [0.717, 1.165) is 5.56 Å². The summed E-state index contributed by atoms with van der Waals surface area (Å²) in [7, 11) is 0. The third-order valence-electron chi connectivity index (χ3n) is 1.73. The number of nitrogens with two attached hydrogens (primary N) is 1. The molecule has 0 spiro atoms. The van der Waals surface area contributed by atoms with E-state index in [-0.39, 0.29) is 11.9 Å². The molecular formula is C10H11BrFN. The van der Waals surface area contributed by atoms with Crippen LogP contribution >= 0.6 is 15.9 Å². The van der Waals surface area contributed by atoms with Crippen LogP contribution in [-0.2, 0) is 0 Å². The summed E-state index contributed by atoms with van der Waals surface area (Å²) in [6.07, 6.45) is 2.37. The minimum atomic E-state index is -0.274. The van der Waals surface area contributed by atoms with Gasteiger partial charge in [0, 0.05) is 10.5 Å². The van der Waals surface area contributed by atoms with Crippen LogP contribution < -0.4 is 5.73 Å².